The van der Waals surface area contributed by atoms with Crippen LogP contribution in [0.1, 0.15) is 30.8 Å². The van der Waals surface area contributed by atoms with Crippen molar-refractivity contribution in [2.45, 2.75) is 32.9 Å². The molecule has 144 valence electrons. The van der Waals surface area contributed by atoms with Crippen LogP contribution in [0.5, 0.6) is 0 Å². The van der Waals surface area contributed by atoms with E-state index in [0.29, 0.717) is 34.9 Å². The zero-order chi connectivity index (χ0) is 19.8. The molecule has 1 amide bonds. The SMILES string of the molecule is CCC(C(=O)NCc1ccc(Cl)cc1)n1nc(C)n2c(cc3occc32)c1=O. The molecule has 1 unspecified atom stereocenters. The molecule has 0 saturated heterocycles. The number of furan rings is 1. The lowest BCUT2D eigenvalue weighted by molar-refractivity contribution is -0.125. The van der Waals surface area contributed by atoms with Gasteiger partial charge in [-0.2, -0.15) is 5.10 Å². The summed E-state index contributed by atoms with van der Waals surface area (Å²) in [5.74, 6) is 0.348. The second-order valence-corrected chi connectivity index (χ2v) is 7.04. The Kier molecular flexibility index (Phi) is 4.68. The van der Waals surface area contributed by atoms with Crippen molar-refractivity contribution in [1.29, 1.82) is 0 Å². The van der Waals surface area contributed by atoms with Gasteiger partial charge < -0.3 is 9.73 Å². The number of carbonyl (C=O) groups excluding carboxylic acids is 1. The predicted octanol–water partition coefficient (Wildman–Crippen LogP) is 3.47. The highest BCUT2D eigenvalue weighted by molar-refractivity contribution is 6.30. The van der Waals surface area contributed by atoms with Crippen LogP contribution in [0.3, 0.4) is 0 Å². The van der Waals surface area contributed by atoms with E-state index < -0.39 is 6.04 Å². The van der Waals surface area contributed by atoms with Crippen LogP contribution in [-0.4, -0.2) is 20.1 Å². The highest BCUT2D eigenvalue weighted by Gasteiger charge is 2.23. The molecule has 0 bridgehead atoms. The van der Waals surface area contributed by atoms with Gasteiger partial charge in [-0.25, -0.2) is 4.68 Å². The number of hydrogen-bond acceptors (Lipinski definition) is 4. The average molecular weight is 399 g/mol. The van der Waals surface area contributed by atoms with E-state index in [1.807, 2.05) is 19.1 Å². The molecule has 1 N–H and O–H groups in total. The molecule has 0 fully saturated rings. The van der Waals surface area contributed by atoms with Gasteiger partial charge in [-0.05, 0) is 31.0 Å². The molecule has 0 aliphatic carbocycles. The van der Waals surface area contributed by atoms with Crippen molar-refractivity contribution in [2.24, 2.45) is 0 Å². The summed E-state index contributed by atoms with van der Waals surface area (Å²) in [4.78, 5) is 25.8. The molecule has 1 aromatic carbocycles. The highest BCUT2D eigenvalue weighted by atomic mass is 35.5. The second-order valence-electron chi connectivity index (χ2n) is 6.60. The van der Waals surface area contributed by atoms with E-state index in [9.17, 15) is 9.59 Å². The first-order valence-electron chi connectivity index (χ1n) is 9.00. The van der Waals surface area contributed by atoms with Crippen LogP contribution in [0.2, 0.25) is 5.02 Å². The van der Waals surface area contributed by atoms with E-state index in [1.54, 1.807) is 41.9 Å². The number of hydrogen-bond donors (Lipinski definition) is 1. The molecular weight excluding hydrogens is 380 g/mol. The molecule has 0 saturated carbocycles. The van der Waals surface area contributed by atoms with Crippen LogP contribution in [0, 0.1) is 6.92 Å². The van der Waals surface area contributed by atoms with Crippen LogP contribution in [0.15, 0.2) is 51.9 Å². The summed E-state index contributed by atoms with van der Waals surface area (Å²) in [6.45, 7) is 4.00. The number of rotatable bonds is 5. The van der Waals surface area contributed by atoms with Crippen molar-refractivity contribution in [2.75, 3.05) is 0 Å². The average Bonchev–Trinajstić information content (AvgIpc) is 3.27. The maximum atomic E-state index is 13.0. The van der Waals surface area contributed by atoms with Crippen molar-refractivity contribution in [1.82, 2.24) is 19.5 Å². The largest absolute Gasteiger partial charge is 0.463 e. The number of fused-ring (bicyclic) bond motifs is 3. The van der Waals surface area contributed by atoms with Gasteiger partial charge in [0.15, 0.2) is 5.58 Å². The van der Waals surface area contributed by atoms with Crippen molar-refractivity contribution in [3.8, 4) is 0 Å². The third-order valence-corrected chi connectivity index (χ3v) is 5.04. The zero-order valence-electron chi connectivity index (χ0n) is 15.5. The monoisotopic (exact) mass is 398 g/mol. The van der Waals surface area contributed by atoms with E-state index in [4.69, 9.17) is 16.0 Å². The summed E-state index contributed by atoms with van der Waals surface area (Å²) in [6.07, 6.45) is 2.01. The van der Waals surface area contributed by atoms with Gasteiger partial charge in [0.1, 0.15) is 17.4 Å². The quantitative estimate of drug-likeness (QED) is 0.558. The molecular formula is C20H19ClN4O3. The Morgan fingerprint density at radius 2 is 2.00 bits per heavy atom. The molecule has 4 aromatic rings. The van der Waals surface area contributed by atoms with Crippen LogP contribution < -0.4 is 10.9 Å². The minimum Gasteiger partial charge on any atom is -0.463 e. The summed E-state index contributed by atoms with van der Waals surface area (Å²) in [5.41, 5.74) is 2.42. The number of carbonyl (C=O) groups is 1. The van der Waals surface area contributed by atoms with E-state index in [2.05, 4.69) is 10.4 Å². The first-order chi connectivity index (χ1) is 13.5. The molecule has 1 atom stereocenters. The Bertz CT molecular complexity index is 1220. The molecule has 0 aliphatic rings. The van der Waals surface area contributed by atoms with Gasteiger partial charge in [0.2, 0.25) is 5.91 Å². The fraction of sp³-hybridized carbons (Fsp3) is 0.250. The smallest absolute Gasteiger partial charge is 0.291 e. The Hall–Kier alpha value is -3.06. The Balaban J connectivity index is 1.66. The van der Waals surface area contributed by atoms with E-state index in [-0.39, 0.29) is 11.5 Å². The molecule has 3 heterocycles. The summed E-state index contributed by atoms with van der Waals surface area (Å²) >= 11 is 5.89. The first kappa shape index (κ1) is 18.3. The normalized spacial score (nSPS) is 12.5. The van der Waals surface area contributed by atoms with Crippen molar-refractivity contribution in [3.05, 3.63) is 69.4 Å². The van der Waals surface area contributed by atoms with Crippen LogP contribution in [0.25, 0.3) is 16.6 Å². The van der Waals surface area contributed by atoms with Gasteiger partial charge in [-0.15, -0.1) is 0 Å². The van der Waals surface area contributed by atoms with Crippen LogP contribution >= 0.6 is 11.6 Å². The van der Waals surface area contributed by atoms with Gasteiger partial charge in [0.25, 0.3) is 5.56 Å². The molecule has 0 radical (unpaired) electrons. The number of amides is 1. The van der Waals surface area contributed by atoms with Crippen molar-refractivity contribution in [3.63, 3.8) is 0 Å². The van der Waals surface area contributed by atoms with E-state index >= 15 is 0 Å². The lowest BCUT2D eigenvalue weighted by Crippen LogP contribution is -2.39. The Labute approximate surface area is 165 Å². The molecule has 3 aromatic heterocycles. The van der Waals surface area contributed by atoms with E-state index in [0.717, 1.165) is 11.1 Å². The zero-order valence-corrected chi connectivity index (χ0v) is 16.2. The number of aryl methyl sites for hydroxylation is 1. The minimum atomic E-state index is -0.704. The van der Waals surface area contributed by atoms with Gasteiger partial charge in [-0.3, -0.25) is 14.0 Å². The standard InChI is InChI=1S/C20H19ClN4O3/c1-3-15(19(26)22-11-13-4-6-14(21)7-5-13)25-20(27)17-10-18-16(8-9-28-18)24(17)12(2)23-25/h4-10,15H,3,11H2,1-2H3,(H,22,26). The summed E-state index contributed by atoms with van der Waals surface area (Å²) in [7, 11) is 0. The number of benzene rings is 1. The maximum absolute atomic E-state index is 13.0. The lowest BCUT2D eigenvalue weighted by atomic mass is 10.2. The van der Waals surface area contributed by atoms with Crippen LogP contribution in [-0.2, 0) is 11.3 Å². The van der Waals surface area contributed by atoms with Crippen molar-refractivity contribution < 1.29 is 9.21 Å². The third-order valence-electron chi connectivity index (χ3n) is 4.79. The number of nitrogens with zero attached hydrogens (tertiary/aromatic N) is 3. The summed E-state index contributed by atoms with van der Waals surface area (Å²) in [6, 6.07) is 10.0. The predicted molar refractivity (Wildman–Crippen MR) is 107 cm³/mol. The molecule has 8 heteroatoms. The molecule has 0 spiro atoms. The Morgan fingerprint density at radius 3 is 2.71 bits per heavy atom. The molecule has 28 heavy (non-hydrogen) atoms. The third kappa shape index (κ3) is 3.07. The fourth-order valence-electron chi connectivity index (χ4n) is 3.38. The molecule has 4 rings (SSSR count). The summed E-state index contributed by atoms with van der Waals surface area (Å²) in [5, 5.41) is 7.92. The van der Waals surface area contributed by atoms with Gasteiger partial charge in [0.05, 0.1) is 11.8 Å². The van der Waals surface area contributed by atoms with Gasteiger partial charge in [-0.1, -0.05) is 30.7 Å². The van der Waals surface area contributed by atoms with Crippen LogP contribution in [0.4, 0.5) is 0 Å². The number of halogens is 1. The topological polar surface area (TPSA) is 81.5 Å². The highest BCUT2D eigenvalue weighted by Crippen LogP contribution is 2.21. The molecule has 0 aliphatic heterocycles. The number of aromatic nitrogens is 3. The summed E-state index contributed by atoms with van der Waals surface area (Å²) < 4.78 is 8.41. The fourth-order valence-corrected chi connectivity index (χ4v) is 3.51. The maximum Gasteiger partial charge on any atom is 0.291 e. The number of nitrogens with one attached hydrogen (secondary N) is 1. The lowest BCUT2D eigenvalue weighted by Gasteiger charge is -2.18. The van der Waals surface area contributed by atoms with E-state index in [1.165, 1.54) is 4.68 Å². The van der Waals surface area contributed by atoms with Gasteiger partial charge >= 0.3 is 0 Å². The van der Waals surface area contributed by atoms with Crippen molar-refractivity contribution >= 4 is 34.1 Å². The second kappa shape index (κ2) is 7.16. The Morgan fingerprint density at radius 1 is 1.25 bits per heavy atom. The minimum absolute atomic E-state index is 0.258. The van der Waals surface area contributed by atoms with Gasteiger partial charge in [0, 0.05) is 23.7 Å². The first-order valence-corrected chi connectivity index (χ1v) is 9.37. The molecule has 7 nitrogen and oxygen atoms in total.